The van der Waals surface area contributed by atoms with E-state index in [1.807, 2.05) is 20.8 Å². The predicted octanol–water partition coefficient (Wildman–Crippen LogP) is 5.65. The van der Waals surface area contributed by atoms with Crippen molar-refractivity contribution in [1.29, 1.82) is 0 Å². The molecule has 2 rings (SSSR count). The van der Waals surface area contributed by atoms with Crippen molar-refractivity contribution >= 4 is 0 Å². The van der Waals surface area contributed by atoms with Crippen LogP contribution in [0.4, 0.5) is 8.78 Å². The smallest absolute Gasteiger partial charge is 0.201 e. The lowest BCUT2D eigenvalue weighted by Crippen LogP contribution is -2.35. The molecule has 0 nitrogen and oxygen atoms in total. The largest absolute Gasteiger partial charge is 0.279 e. The Morgan fingerprint density at radius 1 is 1.11 bits per heavy atom. The van der Waals surface area contributed by atoms with E-state index in [1.165, 1.54) is 0 Å². The molecule has 0 aromatic carbocycles. The lowest BCUT2D eigenvalue weighted by atomic mass is 9.80. The topological polar surface area (TPSA) is 0 Å². The fourth-order valence-corrected chi connectivity index (χ4v) is 3.73. The van der Waals surface area contributed by atoms with Crippen LogP contribution in [0.25, 0.3) is 0 Å². The average molecular weight is 254 g/mol. The first-order valence-electron chi connectivity index (χ1n) is 7.10. The highest BCUT2D eigenvalue weighted by atomic mass is 19.3. The number of hydrogen-bond acceptors (Lipinski definition) is 0. The zero-order valence-electron chi connectivity index (χ0n) is 12.0. The number of rotatable bonds is 1. The lowest BCUT2D eigenvalue weighted by molar-refractivity contribution is -0.0674. The average Bonchev–Trinajstić information content (AvgIpc) is 2.84. The van der Waals surface area contributed by atoms with Gasteiger partial charge in [-0.15, -0.1) is 0 Å². The first kappa shape index (κ1) is 13.8. The van der Waals surface area contributed by atoms with Crippen molar-refractivity contribution in [2.45, 2.75) is 72.1 Å². The summed E-state index contributed by atoms with van der Waals surface area (Å²) in [5.41, 5.74) is 2.51. The van der Waals surface area contributed by atoms with Crippen molar-refractivity contribution < 1.29 is 8.78 Å². The van der Waals surface area contributed by atoms with Gasteiger partial charge in [0.25, 0.3) is 5.92 Å². The van der Waals surface area contributed by atoms with Gasteiger partial charge in [0.05, 0.1) is 0 Å². The van der Waals surface area contributed by atoms with E-state index in [9.17, 15) is 8.78 Å². The van der Waals surface area contributed by atoms with Gasteiger partial charge < -0.3 is 0 Å². The van der Waals surface area contributed by atoms with Crippen molar-refractivity contribution in [2.75, 3.05) is 0 Å². The molecule has 0 radical (unpaired) electrons. The van der Waals surface area contributed by atoms with Crippen molar-refractivity contribution in [1.82, 2.24) is 0 Å². The molecule has 0 unspecified atom stereocenters. The Morgan fingerprint density at radius 2 is 1.67 bits per heavy atom. The Hall–Kier alpha value is -0.660. The molecule has 0 heterocycles. The zero-order chi connectivity index (χ0) is 13.6. The monoisotopic (exact) mass is 254 g/mol. The van der Waals surface area contributed by atoms with Gasteiger partial charge in [-0.1, -0.05) is 30.9 Å². The molecule has 18 heavy (non-hydrogen) atoms. The summed E-state index contributed by atoms with van der Waals surface area (Å²) in [5, 5.41) is 0. The zero-order valence-corrected chi connectivity index (χ0v) is 12.0. The van der Waals surface area contributed by atoms with Crippen LogP contribution in [0.5, 0.6) is 0 Å². The van der Waals surface area contributed by atoms with Crippen LogP contribution in [0.2, 0.25) is 0 Å². The molecule has 0 atom stereocenters. The number of alkyl halides is 2. The maximum absolute atomic E-state index is 14.9. The maximum atomic E-state index is 14.9. The fourth-order valence-electron chi connectivity index (χ4n) is 3.73. The summed E-state index contributed by atoms with van der Waals surface area (Å²) in [6.07, 6.45) is 4.78. The molecular weight excluding hydrogens is 230 g/mol. The Bertz CT molecular complexity index is 403. The van der Waals surface area contributed by atoms with Crippen molar-refractivity contribution in [3.8, 4) is 0 Å². The number of halogens is 2. The van der Waals surface area contributed by atoms with E-state index in [0.717, 1.165) is 36.0 Å². The molecule has 0 amide bonds. The molecule has 0 aromatic heterocycles. The second-order valence-electron chi connectivity index (χ2n) is 6.23. The van der Waals surface area contributed by atoms with Gasteiger partial charge in [0, 0.05) is 11.0 Å². The third-order valence-corrected chi connectivity index (χ3v) is 4.90. The molecule has 0 aliphatic heterocycles. The summed E-state index contributed by atoms with van der Waals surface area (Å²) in [5.74, 6) is -2.62. The molecule has 2 heteroatoms. The van der Waals surface area contributed by atoms with Gasteiger partial charge in [-0.25, -0.2) is 8.78 Å². The molecule has 2 aliphatic rings. The van der Waals surface area contributed by atoms with Crippen LogP contribution in [-0.4, -0.2) is 5.92 Å². The predicted molar refractivity (Wildman–Crippen MR) is 71.8 cm³/mol. The van der Waals surface area contributed by atoms with Gasteiger partial charge in [-0.3, -0.25) is 0 Å². The van der Waals surface area contributed by atoms with Gasteiger partial charge in [-0.2, -0.15) is 0 Å². The van der Waals surface area contributed by atoms with E-state index < -0.39 is 11.3 Å². The molecule has 102 valence electrons. The summed E-state index contributed by atoms with van der Waals surface area (Å²) < 4.78 is 29.7. The Kier molecular flexibility index (Phi) is 3.42. The van der Waals surface area contributed by atoms with Crippen molar-refractivity contribution in [3.05, 3.63) is 22.3 Å². The first-order chi connectivity index (χ1) is 8.35. The standard InChI is InChI=1S/C16H24F2/c1-5-12(4)13-10-15(8-6-7-9-15)16(17,18)14(13)11(2)3/h5-10H2,1-4H3/b13-12-. The van der Waals surface area contributed by atoms with E-state index in [1.54, 1.807) is 0 Å². The normalized spacial score (nSPS) is 28.0. The SMILES string of the molecule is CC/C(C)=C1/CC2(CCCC2)C(F)(F)C1=C(C)C. The molecule has 0 aromatic rings. The van der Waals surface area contributed by atoms with Gasteiger partial charge >= 0.3 is 0 Å². The minimum absolute atomic E-state index is 0.365. The quantitative estimate of drug-likeness (QED) is 0.567. The summed E-state index contributed by atoms with van der Waals surface area (Å²) in [7, 11) is 0. The van der Waals surface area contributed by atoms with Crippen LogP contribution in [0.1, 0.15) is 66.2 Å². The van der Waals surface area contributed by atoms with Crippen molar-refractivity contribution in [2.24, 2.45) is 5.41 Å². The van der Waals surface area contributed by atoms with E-state index >= 15 is 0 Å². The maximum Gasteiger partial charge on any atom is 0.279 e. The summed E-state index contributed by atoms with van der Waals surface area (Å²) >= 11 is 0. The molecule has 2 fully saturated rings. The fraction of sp³-hybridized carbons (Fsp3) is 0.750. The van der Waals surface area contributed by atoms with Crippen LogP contribution in [0.15, 0.2) is 22.3 Å². The highest BCUT2D eigenvalue weighted by Crippen LogP contribution is 2.64. The second kappa shape index (κ2) is 4.47. The molecule has 0 saturated heterocycles. The van der Waals surface area contributed by atoms with Gasteiger partial charge in [-0.05, 0) is 52.0 Å². The Morgan fingerprint density at radius 3 is 2.11 bits per heavy atom. The van der Waals surface area contributed by atoms with E-state index in [4.69, 9.17) is 0 Å². The number of allylic oxidation sites excluding steroid dienone is 4. The van der Waals surface area contributed by atoms with Crippen LogP contribution in [0, 0.1) is 5.41 Å². The summed E-state index contributed by atoms with van der Waals surface area (Å²) in [4.78, 5) is 0. The van der Waals surface area contributed by atoms with Gasteiger partial charge in [0.2, 0.25) is 0 Å². The first-order valence-corrected chi connectivity index (χ1v) is 7.10. The highest BCUT2D eigenvalue weighted by molar-refractivity contribution is 5.50. The lowest BCUT2D eigenvalue weighted by Gasteiger charge is -2.30. The van der Waals surface area contributed by atoms with Crippen LogP contribution in [0.3, 0.4) is 0 Å². The summed E-state index contributed by atoms with van der Waals surface area (Å²) in [6.45, 7) is 7.74. The Labute approximate surface area is 109 Å². The molecule has 2 aliphatic carbocycles. The molecule has 0 bridgehead atoms. The third kappa shape index (κ3) is 1.76. The van der Waals surface area contributed by atoms with Crippen molar-refractivity contribution in [3.63, 3.8) is 0 Å². The minimum Gasteiger partial charge on any atom is -0.201 e. The molecular formula is C16H24F2. The Balaban J connectivity index is 2.59. The third-order valence-electron chi connectivity index (χ3n) is 4.90. The van der Waals surface area contributed by atoms with Crippen LogP contribution >= 0.6 is 0 Å². The number of hydrogen-bond donors (Lipinski definition) is 0. The van der Waals surface area contributed by atoms with E-state index in [-0.39, 0.29) is 0 Å². The second-order valence-corrected chi connectivity index (χ2v) is 6.23. The van der Waals surface area contributed by atoms with Crippen LogP contribution in [-0.2, 0) is 0 Å². The molecule has 1 spiro atoms. The molecule has 2 saturated carbocycles. The molecule has 0 N–H and O–H groups in total. The van der Waals surface area contributed by atoms with E-state index in [2.05, 4.69) is 6.92 Å². The van der Waals surface area contributed by atoms with E-state index in [0.29, 0.717) is 24.8 Å². The van der Waals surface area contributed by atoms with Gasteiger partial charge in [0.15, 0.2) is 0 Å². The van der Waals surface area contributed by atoms with Gasteiger partial charge in [0.1, 0.15) is 0 Å². The minimum atomic E-state index is -2.62. The summed E-state index contributed by atoms with van der Waals surface area (Å²) in [6, 6.07) is 0. The highest BCUT2D eigenvalue weighted by Gasteiger charge is 2.62. The van der Waals surface area contributed by atoms with Crippen LogP contribution < -0.4 is 0 Å².